The van der Waals surface area contributed by atoms with E-state index >= 15 is 0 Å². The van der Waals surface area contributed by atoms with Gasteiger partial charge in [-0.2, -0.15) is 0 Å². The monoisotopic (exact) mass is 372 g/mol. The third-order valence-electron chi connectivity index (χ3n) is 3.01. The van der Waals surface area contributed by atoms with Gasteiger partial charge in [-0.3, -0.25) is 0 Å². The molecule has 2 unspecified atom stereocenters. The number of hydrogen-bond acceptors (Lipinski definition) is 5. The second kappa shape index (κ2) is 21.0. The molecule has 0 radical (unpaired) electrons. The van der Waals surface area contributed by atoms with Gasteiger partial charge in [-0.25, -0.2) is 0 Å². The van der Waals surface area contributed by atoms with E-state index in [-0.39, 0.29) is 13.2 Å². The highest BCUT2D eigenvalue weighted by Gasteiger charge is 1.92. The molecule has 6 N–H and O–H groups in total. The Morgan fingerprint density at radius 1 is 0.875 bits per heavy atom. The molecule has 2 atom stereocenters. The van der Waals surface area contributed by atoms with E-state index in [0.717, 1.165) is 12.8 Å². The molecule has 0 aliphatic carbocycles. The topological polar surface area (TPSA) is 137 Å². The molecule has 0 spiro atoms. The highest BCUT2D eigenvalue weighted by atomic mass is 31.2. The Morgan fingerprint density at radius 2 is 1.33 bits per heavy atom. The van der Waals surface area contributed by atoms with Crippen molar-refractivity contribution in [2.45, 2.75) is 85.2 Å². The molecule has 0 aromatic carbocycles. The molecule has 150 valence electrons. The SMILES string of the molecule is CCC(C)[NH3+].CCC(C)[NH3+].CCCCCCOCCOP(=O)([O-])[O-]. The zero-order chi connectivity index (χ0) is 19.4. The summed E-state index contributed by atoms with van der Waals surface area (Å²) < 4.78 is 19.0. The van der Waals surface area contributed by atoms with Crippen LogP contribution in [-0.2, 0) is 13.8 Å². The second-order valence-corrected chi connectivity index (χ2v) is 7.13. The van der Waals surface area contributed by atoms with Crippen LogP contribution >= 0.6 is 7.82 Å². The Hall–Kier alpha value is -0.0100. The molecule has 0 aromatic rings. The average molecular weight is 372 g/mol. The third kappa shape index (κ3) is 43.1. The maximum atomic E-state index is 10.00. The standard InChI is InChI=1S/C8H19O5P.2C4H11N/c1-2-3-4-5-6-12-7-8-13-14(9,10)11;2*1-3-4(2)5/h2-8H2,1H3,(H2,9,10,11);2*4H,3,5H2,1-2H3. The number of unbranched alkanes of at least 4 members (excludes halogenated alkanes) is 3. The largest absolute Gasteiger partial charge is 0.790 e. The van der Waals surface area contributed by atoms with Crippen molar-refractivity contribution in [3.63, 3.8) is 0 Å². The van der Waals surface area contributed by atoms with Crippen LogP contribution in [0.15, 0.2) is 0 Å². The van der Waals surface area contributed by atoms with Crippen molar-refractivity contribution in [2.24, 2.45) is 0 Å². The number of quaternary nitrogens is 2. The van der Waals surface area contributed by atoms with Gasteiger partial charge in [0.2, 0.25) is 0 Å². The van der Waals surface area contributed by atoms with Crippen LogP contribution in [0.25, 0.3) is 0 Å². The van der Waals surface area contributed by atoms with E-state index in [9.17, 15) is 14.4 Å². The van der Waals surface area contributed by atoms with Crippen LogP contribution in [0.3, 0.4) is 0 Å². The van der Waals surface area contributed by atoms with Crippen LogP contribution in [0.2, 0.25) is 0 Å². The van der Waals surface area contributed by atoms with Gasteiger partial charge in [-0.05, 0) is 33.1 Å². The Morgan fingerprint density at radius 3 is 1.67 bits per heavy atom. The van der Waals surface area contributed by atoms with Crippen molar-refractivity contribution in [3.8, 4) is 0 Å². The van der Waals surface area contributed by atoms with Crippen LogP contribution in [-0.4, -0.2) is 31.9 Å². The summed E-state index contributed by atoms with van der Waals surface area (Å²) in [7, 11) is -4.81. The molecule has 24 heavy (non-hydrogen) atoms. The Bertz CT molecular complexity index is 265. The third-order valence-corrected chi connectivity index (χ3v) is 3.51. The van der Waals surface area contributed by atoms with Crippen molar-refractivity contribution >= 4 is 7.82 Å². The lowest BCUT2D eigenvalue weighted by Gasteiger charge is -2.28. The average Bonchev–Trinajstić information content (AvgIpc) is 2.50. The lowest BCUT2D eigenvalue weighted by molar-refractivity contribution is -0.414. The zero-order valence-electron chi connectivity index (χ0n) is 16.4. The van der Waals surface area contributed by atoms with E-state index in [1.807, 2.05) is 0 Å². The molecule has 0 aliphatic heterocycles. The predicted molar refractivity (Wildman–Crippen MR) is 93.8 cm³/mol. The summed E-state index contributed by atoms with van der Waals surface area (Å²) in [5.41, 5.74) is 7.51. The lowest BCUT2D eigenvalue weighted by Crippen LogP contribution is -2.58. The molecule has 8 heteroatoms. The summed E-state index contributed by atoms with van der Waals surface area (Å²) in [6, 6.07) is 1.27. The fourth-order valence-electron chi connectivity index (χ4n) is 0.941. The first-order valence-corrected chi connectivity index (χ1v) is 10.5. The van der Waals surface area contributed by atoms with Gasteiger partial charge in [0.1, 0.15) is 0 Å². The Kier molecular flexibility index (Phi) is 25.2. The normalized spacial score (nSPS) is 13.2. The highest BCUT2D eigenvalue weighted by molar-refractivity contribution is 7.43. The van der Waals surface area contributed by atoms with Crippen LogP contribution in [0.5, 0.6) is 0 Å². The number of ether oxygens (including phenoxy) is 1. The summed E-state index contributed by atoms with van der Waals surface area (Å²) in [6.45, 7) is 11.2. The molecule has 0 heterocycles. The van der Waals surface area contributed by atoms with E-state index in [0.29, 0.717) is 18.7 Å². The van der Waals surface area contributed by atoms with Crippen molar-refractivity contribution < 1.29 is 35.1 Å². The first-order valence-electron chi connectivity index (χ1n) is 9.01. The van der Waals surface area contributed by atoms with Crippen LogP contribution in [0.4, 0.5) is 0 Å². The van der Waals surface area contributed by atoms with Gasteiger partial charge in [0.25, 0.3) is 0 Å². The minimum Gasteiger partial charge on any atom is -0.790 e. The van der Waals surface area contributed by atoms with E-state index in [1.54, 1.807) is 0 Å². The van der Waals surface area contributed by atoms with Gasteiger partial charge < -0.3 is 35.1 Å². The lowest BCUT2D eigenvalue weighted by atomic mass is 10.2. The van der Waals surface area contributed by atoms with Gasteiger partial charge in [0, 0.05) is 6.61 Å². The Labute approximate surface area is 148 Å². The number of phosphoric acid groups is 1. The quantitative estimate of drug-likeness (QED) is 0.401. The molecule has 0 bridgehead atoms. The molecule has 0 aliphatic rings. The van der Waals surface area contributed by atoms with Crippen LogP contribution in [0, 0.1) is 0 Å². The summed E-state index contributed by atoms with van der Waals surface area (Å²) in [5, 5.41) is 0. The highest BCUT2D eigenvalue weighted by Crippen LogP contribution is 2.23. The smallest absolute Gasteiger partial charge is 0.0812 e. The number of rotatable bonds is 11. The van der Waals surface area contributed by atoms with Crippen molar-refractivity contribution in [1.82, 2.24) is 0 Å². The minimum atomic E-state index is -4.81. The molecule has 0 rings (SSSR count). The fraction of sp³-hybridized carbons (Fsp3) is 1.00. The summed E-state index contributed by atoms with van der Waals surface area (Å²) in [5.74, 6) is 0. The number of hydrogen-bond donors (Lipinski definition) is 2. The van der Waals surface area contributed by atoms with E-state index < -0.39 is 7.82 Å². The minimum absolute atomic E-state index is 0.153. The van der Waals surface area contributed by atoms with Crippen LogP contribution < -0.4 is 21.3 Å². The maximum absolute atomic E-state index is 10.00. The summed E-state index contributed by atoms with van der Waals surface area (Å²) in [4.78, 5) is 20.0. The first kappa shape index (κ1) is 28.8. The molecule has 0 saturated heterocycles. The maximum Gasteiger partial charge on any atom is 0.0812 e. The van der Waals surface area contributed by atoms with Gasteiger partial charge >= 0.3 is 0 Å². The fourth-order valence-corrected chi connectivity index (χ4v) is 1.24. The molecule has 0 amide bonds. The molecule has 0 saturated carbocycles. The van der Waals surface area contributed by atoms with Crippen molar-refractivity contribution in [1.29, 1.82) is 0 Å². The molecular formula is C16H41N2O5P. The molecule has 7 nitrogen and oxygen atoms in total. The second-order valence-electron chi connectivity index (χ2n) is 5.98. The number of phosphoric ester groups is 1. The molecular weight excluding hydrogens is 331 g/mol. The van der Waals surface area contributed by atoms with Crippen molar-refractivity contribution in [3.05, 3.63) is 0 Å². The molecule has 0 fully saturated rings. The summed E-state index contributed by atoms with van der Waals surface area (Å²) >= 11 is 0. The van der Waals surface area contributed by atoms with Gasteiger partial charge in [0.05, 0.1) is 33.1 Å². The first-order chi connectivity index (χ1) is 11.1. The van der Waals surface area contributed by atoms with Crippen LogP contribution in [0.1, 0.15) is 73.1 Å². The zero-order valence-corrected chi connectivity index (χ0v) is 17.3. The van der Waals surface area contributed by atoms with Gasteiger partial charge in [-0.1, -0.05) is 40.0 Å². The van der Waals surface area contributed by atoms with Gasteiger partial charge in [-0.15, -0.1) is 0 Å². The molecule has 0 aromatic heterocycles. The van der Waals surface area contributed by atoms with E-state index in [2.05, 4.69) is 50.6 Å². The Balaban J connectivity index is -0.000000361. The van der Waals surface area contributed by atoms with Gasteiger partial charge in [0.15, 0.2) is 0 Å². The van der Waals surface area contributed by atoms with E-state index in [1.165, 1.54) is 25.7 Å². The summed E-state index contributed by atoms with van der Waals surface area (Å²) in [6.07, 6.45) is 6.80. The predicted octanol–water partition coefficient (Wildman–Crippen LogP) is 0.482. The van der Waals surface area contributed by atoms with E-state index in [4.69, 9.17) is 4.74 Å². The van der Waals surface area contributed by atoms with Crippen molar-refractivity contribution in [2.75, 3.05) is 19.8 Å².